The maximum atomic E-state index is 12.5. The van der Waals surface area contributed by atoms with E-state index in [2.05, 4.69) is 0 Å². The van der Waals surface area contributed by atoms with E-state index in [0.29, 0.717) is 12.3 Å². The summed E-state index contributed by atoms with van der Waals surface area (Å²) in [6.45, 7) is 0.459. The topological polar surface area (TPSA) is 40.5 Å². The van der Waals surface area contributed by atoms with Gasteiger partial charge in [0.25, 0.3) is 0 Å². The van der Waals surface area contributed by atoms with Crippen molar-refractivity contribution < 1.29 is 14.3 Å². The summed E-state index contributed by atoms with van der Waals surface area (Å²) in [7, 11) is 0. The van der Waals surface area contributed by atoms with Crippen LogP contribution in [0.25, 0.3) is 0 Å². The highest BCUT2D eigenvalue weighted by Crippen LogP contribution is 2.18. The molecule has 1 amide bonds. The average molecular weight is 165 g/mol. The zero-order valence-electron chi connectivity index (χ0n) is 5.29. The molecule has 0 radical (unpaired) electrons. The molecule has 0 aliphatic carbocycles. The number of hydrogen-bond acceptors (Lipinski definition) is 2. The SMILES string of the molecule is O=C(O)N1CCSC(F)C1. The van der Waals surface area contributed by atoms with E-state index in [1.54, 1.807) is 0 Å². The second kappa shape index (κ2) is 3.09. The highest BCUT2D eigenvalue weighted by molar-refractivity contribution is 7.99. The average Bonchev–Trinajstić information content (AvgIpc) is 1.88. The molecule has 1 heterocycles. The van der Waals surface area contributed by atoms with E-state index in [9.17, 15) is 9.18 Å². The zero-order valence-corrected chi connectivity index (χ0v) is 6.10. The summed E-state index contributed by atoms with van der Waals surface area (Å²) in [5.74, 6) is 0.563. The smallest absolute Gasteiger partial charge is 0.407 e. The van der Waals surface area contributed by atoms with Crippen LogP contribution in [0.1, 0.15) is 0 Å². The first-order valence-electron chi connectivity index (χ1n) is 2.93. The molecule has 0 bridgehead atoms. The maximum absolute atomic E-state index is 12.5. The Kier molecular flexibility index (Phi) is 2.37. The number of halogens is 1. The summed E-state index contributed by atoms with van der Waals surface area (Å²) in [5.41, 5.74) is -1.04. The minimum absolute atomic E-state index is 0.0139. The number of carbonyl (C=O) groups is 1. The van der Waals surface area contributed by atoms with Gasteiger partial charge in [0.05, 0.1) is 6.54 Å². The fourth-order valence-electron chi connectivity index (χ4n) is 0.782. The Balaban J connectivity index is 2.39. The zero-order chi connectivity index (χ0) is 7.56. The van der Waals surface area contributed by atoms with Gasteiger partial charge in [0, 0.05) is 12.3 Å². The lowest BCUT2D eigenvalue weighted by Gasteiger charge is -2.25. The molecule has 1 fully saturated rings. The van der Waals surface area contributed by atoms with Crippen molar-refractivity contribution in [2.24, 2.45) is 0 Å². The highest BCUT2D eigenvalue weighted by atomic mass is 32.2. The molecule has 10 heavy (non-hydrogen) atoms. The van der Waals surface area contributed by atoms with Gasteiger partial charge in [0.15, 0.2) is 5.50 Å². The van der Waals surface area contributed by atoms with E-state index < -0.39 is 11.6 Å². The van der Waals surface area contributed by atoms with Crippen LogP contribution in [0.3, 0.4) is 0 Å². The summed E-state index contributed by atoms with van der Waals surface area (Å²) in [5, 5.41) is 8.41. The van der Waals surface area contributed by atoms with Gasteiger partial charge in [-0.15, -0.1) is 11.8 Å². The Morgan fingerprint density at radius 1 is 1.80 bits per heavy atom. The molecule has 5 heteroatoms. The van der Waals surface area contributed by atoms with Crippen molar-refractivity contribution in [2.45, 2.75) is 5.50 Å². The Hall–Kier alpha value is -0.450. The predicted octanol–water partition coefficient (Wildman–Crippen LogP) is 1.01. The normalized spacial score (nSPS) is 26.5. The van der Waals surface area contributed by atoms with Crippen LogP contribution in [0.4, 0.5) is 9.18 Å². The van der Waals surface area contributed by atoms with Crippen LogP contribution >= 0.6 is 11.8 Å². The number of rotatable bonds is 0. The molecule has 58 valence electrons. The van der Waals surface area contributed by atoms with E-state index >= 15 is 0 Å². The lowest BCUT2D eigenvalue weighted by atomic mass is 10.5. The van der Waals surface area contributed by atoms with Crippen molar-refractivity contribution in [1.82, 2.24) is 4.90 Å². The number of amides is 1. The van der Waals surface area contributed by atoms with Crippen LogP contribution in [0.5, 0.6) is 0 Å². The van der Waals surface area contributed by atoms with Crippen LogP contribution in [0.15, 0.2) is 0 Å². The first-order chi connectivity index (χ1) is 4.70. The van der Waals surface area contributed by atoms with Crippen molar-refractivity contribution >= 4 is 17.9 Å². The third kappa shape index (κ3) is 1.76. The molecule has 0 spiro atoms. The minimum Gasteiger partial charge on any atom is -0.465 e. The Morgan fingerprint density at radius 2 is 2.50 bits per heavy atom. The molecule has 1 saturated heterocycles. The molecule has 1 aliphatic rings. The van der Waals surface area contributed by atoms with E-state index in [4.69, 9.17) is 5.11 Å². The van der Waals surface area contributed by atoms with Gasteiger partial charge in [-0.3, -0.25) is 0 Å². The largest absolute Gasteiger partial charge is 0.465 e. The fraction of sp³-hybridized carbons (Fsp3) is 0.800. The second-order valence-electron chi connectivity index (χ2n) is 2.01. The molecule has 0 aromatic carbocycles. The summed E-state index contributed by atoms with van der Waals surface area (Å²) >= 11 is 1.17. The number of nitrogens with zero attached hydrogens (tertiary/aromatic N) is 1. The van der Waals surface area contributed by atoms with Gasteiger partial charge >= 0.3 is 6.09 Å². The second-order valence-corrected chi connectivity index (χ2v) is 3.26. The van der Waals surface area contributed by atoms with Crippen molar-refractivity contribution in [2.75, 3.05) is 18.8 Å². The first-order valence-corrected chi connectivity index (χ1v) is 3.98. The lowest BCUT2D eigenvalue weighted by Crippen LogP contribution is -2.39. The van der Waals surface area contributed by atoms with E-state index in [-0.39, 0.29) is 6.54 Å². The molecule has 0 aromatic heterocycles. The van der Waals surface area contributed by atoms with Crippen LogP contribution in [-0.4, -0.2) is 40.4 Å². The molecule has 3 nitrogen and oxygen atoms in total. The number of carboxylic acid groups (broad SMARTS) is 1. The van der Waals surface area contributed by atoms with Crippen molar-refractivity contribution in [3.8, 4) is 0 Å². The number of alkyl halides is 1. The summed E-state index contributed by atoms with van der Waals surface area (Å²) in [6, 6.07) is 0. The van der Waals surface area contributed by atoms with Crippen molar-refractivity contribution in [1.29, 1.82) is 0 Å². The van der Waals surface area contributed by atoms with Gasteiger partial charge in [0.2, 0.25) is 0 Å². The third-order valence-electron chi connectivity index (χ3n) is 1.29. The van der Waals surface area contributed by atoms with Crippen molar-refractivity contribution in [3.63, 3.8) is 0 Å². The van der Waals surface area contributed by atoms with Crippen LogP contribution in [0.2, 0.25) is 0 Å². The lowest BCUT2D eigenvalue weighted by molar-refractivity contribution is 0.139. The third-order valence-corrected chi connectivity index (χ3v) is 2.22. The molecule has 0 saturated carbocycles. The van der Waals surface area contributed by atoms with Gasteiger partial charge in [-0.05, 0) is 0 Å². The van der Waals surface area contributed by atoms with Crippen LogP contribution < -0.4 is 0 Å². The van der Waals surface area contributed by atoms with E-state index in [1.165, 1.54) is 11.8 Å². The molecule has 1 aliphatic heterocycles. The Morgan fingerprint density at radius 3 is 2.90 bits per heavy atom. The molecular formula is C5H8FNO2S. The van der Waals surface area contributed by atoms with E-state index in [0.717, 1.165) is 4.90 Å². The number of thioether (sulfide) groups is 1. The van der Waals surface area contributed by atoms with Crippen molar-refractivity contribution in [3.05, 3.63) is 0 Å². The van der Waals surface area contributed by atoms with E-state index in [1.807, 2.05) is 0 Å². The molecule has 1 atom stereocenters. The fourth-order valence-corrected chi connectivity index (χ4v) is 1.65. The van der Waals surface area contributed by atoms with Gasteiger partial charge in [-0.25, -0.2) is 9.18 Å². The van der Waals surface area contributed by atoms with Gasteiger partial charge < -0.3 is 10.0 Å². The summed E-state index contributed by atoms with van der Waals surface area (Å²) in [6.07, 6.45) is -1.03. The van der Waals surface area contributed by atoms with Crippen LogP contribution in [-0.2, 0) is 0 Å². The Labute approximate surface area is 62.2 Å². The van der Waals surface area contributed by atoms with Gasteiger partial charge in [0.1, 0.15) is 0 Å². The maximum Gasteiger partial charge on any atom is 0.407 e. The standard InChI is InChI=1S/C5H8FNO2S/c6-4-3-7(5(8)9)1-2-10-4/h4H,1-3H2,(H,8,9). The Bertz CT molecular complexity index is 144. The predicted molar refractivity (Wildman–Crippen MR) is 37.0 cm³/mol. The summed E-state index contributed by atoms with van der Waals surface area (Å²) < 4.78 is 12.5. The van der Waals surface area contributed by atoms with Crippen LogP contribution in [0, 0.1) is 0 Å². The minimum atomic E-state index is -1.04. The van der Waals surface area contributed by atoms with Gasteiger partial charge in [-0.2, -0.15) is 0 Å². The molecule has 1 N–H and O–H groups in total. The molecule has 1 rings (SSSR count). The highest BCUT2D eigenvalue weighted by Gasteiger charge is 2.22. The monoisotopic (exact) mass is 165 g/mol. The molecular weight excluding hydrogens is 157 g/mol. The number of hydrogen-bond donors (Lipinski definition) is 1. The first kappa shape index (κ1) is 7.65. The quantitative estimate of drug-likeness (QED) is 0.582. The molecule has 1 unspecified atom stereocenters. The van der Waals surface area contributed by atoms with Gasteiger partial charge in [-0.1, -0.05) is 0 Å². The molecule has 0 aromatic rings. The summed E-state index contributed by atoms with van der Waals surface area (Å²) in [4.78, 5) is 11.3.